The summed E-state index contributed by atoms with van der Waals surface area (Å²) >= 11 is 3.31. The maximum atomic E-state index is 13.4. The lowest BCUT2D eigenvalue weighted by Gasteiger charge is -2.21. The Bertz CT molecular complexity index is 1360. The van der Waals surface area contributed by atoms with Crippen molar-refractivity contribution in [1.29, 1.82) is 0 Å². The van der Waals surface area contributed by atoms with Crippen LogP contribution in [0.3, 0.4) is 0 Å². The third kappa shape index (κ3) is 8.01. The van der Waals surface area contributed by atoms with Gasteiger partial charge in [0.15, 0.2) is 11.5 Å². The number of halogens is 1. The summed E-state index contributed by atoms with van der Waals surface area (Å²) in [5, 5.41) is 3.98. The number of rotatable bonds is 12. The Morgan fingerprint density at radius 2 is 1.78 bits per heavy atom. The van der Waals surface area contributed by atoms with E-state index in [1.807, 2.05) is 31.2 Å². The molecule has 0 aliphatic rings. The minimum atomic E-state index is -3.96. The smallest absolute Gasteiger partial charge is 0.255 e. The molecule has 0 fully saturated rings. The molecule has 1 N–H and O–H groups in total. The molecular formula is C27H28BrN3O5S. The first-order valence-corrected chi connectivity index (χ1v) is 13.5. The molecule has 0 aliphatic heterocycles. The van der Waals surface area contributed by atoms with E-state index in [0.717, 1.165) is 19.9 Å². The summed E-state index contributed by atoms with van der Waals surface area (Å²) in [6, 6.07) is 18.9. The SMILES string of the molecule is C=CCOc1ccc(/C=N\NC(=O)CN(Cc2ccc(C)cc2)S(=O)(=O)c2ccc(Br)cc2)cc1OC. The fourth-order valence-electron chi connectivity index (χ4n) is 3.29. The lowest BCUT2D eigenvalue weighted by molar-refractivity contribution is -0.121. The molecular weight excluding hydrogens is 558 g/mol. The van der Waals surface area contributed by atoms with Crippen LogP contribution in [0.15, 0.2) is 93.9 Å². The third-order valence-corrected chi connectivity index (χ3v) is 7.53. The van der Waals surface area contributed by atoms with Gasteiger partial charge in [-0.1, -0.05) is 58.4 Å². The van der Waals surface area contributed by atoms with Crippen molar-refractivity contribution in [1.82, 2.24) is 9.73 Å². The van der Waals surface area contributed by atoms with Gasteiger partial charge in [-0.3, -0.25) is 4.79 Å². The predicted molar refractivity (Wildman–Crippen MR) is 147 cm³/mol. The van der Waals surface area contributed by atoms with Gasteiger partial charge in [-0.2, -0.15) is 9.41 Å². The standard InChI is InChI=1S/C27H28BrN3O5S/c1-4-15-36-25-14-9-22(16-26(25)35-3)17-29-30-27(32)19-31(18-21-7-5-20(2)6-8-21)37(33,34)24-12-10-23(28)11-13-24/h4-14,16-17H,1,15,18-19H2,2-3H3,(H,30,32)/b29-17-. The third-order valence-electron chi connectivity index (χ3n) is 5.20. The van der Waals surface area contributed by atoms with Crippen LogP contribution in [0.1, 0.15) is 16.7 Å². The maximum Gasteiger partial charge on any atom is 0.255 e. The molecule has 0 unspecified atom stereocenters. The summed E-state index contributed by atoms with van der Waals surface area (Å²) in [7, 11) is -2.44. The van der Waals surface area contributed by atoms with E-state index >= 15 is 0 Å². The average molecular weight is 587 g/mol. The van der Waals surface area contributed by atoms with Gasteiger partial charge in [-0.05, 0) is 60.5 Å². The van der Waals surface area contributed by atoms with Crippen molar-refractivity contribution < 1.29 is 22.7 Å². The van der Waals surface area contributed by atoms with E-state index in [0.29, 0.717) is 23.7 Å². The second-order valence-corrected chi connectivity index (χ2v) is 10.9. The molecule has 0 bridgehead atoms. The molecule has 3 aromatic carbocycles. The molecule has 0 atom stereocenters. The Labute approximate surface area is 225 Å². The van der Waals surface area contributed by atoms with Crippen molar-refractivity contribution in [2.45, 2.75) is 18.4 Å². The largest absolute Gasteiger partial charge is 0.493 e. The highest BCUT2D eigenvalue weighted by Gasteiger charge is 2.27. The first-order chi connectivity index (χ1) is 17.7. The average Bonchev–Trinajstić information content (AvgIpc) is 2.88. The van der Waals surface area contributed by atoms with Crippen molar-refractivity contribution in [2.24, 2.45) is 5.10 Å². The summed E-state index contributed by atoms with van der Waals surface area (Å²) in [5.41, 5.74) is 4.87. The Morgan fingerprint density at radius 3 is 2.43 bits per heavy atom. The summed E-state index contributed by atoms with van der Waals surface area (Å²) in [4.78, 5) is 12.8. The van der Waals surface area contributed by atoms with Gasteiger partial charge in [0.2, 0.25) is 10.0 Å². The minimum Gasteiger partial charge on any atom is -0.493 e. The van der Waals surface area contributed by atoms with E-state index in [4.69, 9.17) is 9.47 Å². The topological polar surface area (TPSA) is 97.3 Å². The molecule has 0 aliphatic carbocycles. The Balaban J connectivity index is 1.75. The van der Waals surface area contributed by atoms with E-state index in [9.17, 15) is 13.2 Å². The number of hydrogen-bond acceptors (Lipinski definition) is 6. The van der Waals surface area contributed by atoms with Gasteiger partial charge in [-0.25, -0.2) is 13.8 Å². The van der Waals surface area contributed by atoms with E-state index in [2.05, 4.69) is 33.0 Å². The number of hydrogen-bond donors (Lipinski definition) is 1. The first-order valence-electron chi connectivity index (χ1n) is 11.3. The van der Waals surface area contributed by atoms with Crippen LogP contribution in [0.5, 0.6) is 11.5 Å². The monoisotopic (exact) mass is 585 g/mol. The quantitative estimate of drug-likeness (QED) is 0.189. The lowest BCUT2D eigenvalue weighted by Crippen LogP contribution is -2.39. The van der Waals surface area contributed by atoms with Crippen molar-refractivity contribution in [3.05, 3.63) is 101 Å². The van der Waals surface area contributed by atoms with Crippen LogP contribution in [-0.2, 0) is 21.4 Å². The molecule has 0 saturated carbocycles. The second kappa shape index (κ2) is 13.2. The van der Waals surface area contributed by atoms with Crippen molar-refractivity contribution in [3.8, 4) is 11.5 Å². The number of carbonyl (C=O) groups is 1. The fraction of sp³-hybridized carbons (Fsp3) is 0.185. The molecule has 10 heteroatoms. The van der Waals surface area contributed by atoms with Gasteiger partial charge < -0.3 is 9.47 Å². The van der Waals surface area contributed by atoms with E-state index < -0.39 is 22.5 Å². The number of benzene rings is 3. The van der Waals surface area contributed by atoms with Gasteiger partial charge in [0, 0.05) is 11.0 Å². The molecule has 1 amide bonds. The van der Waals surface area contributed by atoms with Crippen LogP contribution in [-0.4, -0.2) is 45.1 Å². The van der Waals surface area contributed by atoms with E-state index in [1.54, 1.807) is 36.4 Å². The number of sulfonamides is 1. The number of amides is 1. The molecule has 8 nitrogen and oxygen atoms in total. The summed E-state index contributed by atoms with van der Waals surface area (Å²) < 4.78 is 39.5. The summed E-state index contributed by atoms with van der Waals surface area (Å²) in [6.45, 7) is 5.51. The zero-order valence-electron chi connectivity index (χ0n) is 20.6. The second-order valence-electron chi connectivity index (χ2n) is 8.02. The molecule has 3 rings (SSSR count). The number of hydrazone groups is 1. The van der Waals surface area contributed by atoms with Gasteiger partial charge in [0.05, 0.1) is 24.8 Å². The molecule has 3 aromatic rings. The predicted octanol–water partition coefficient (Wildman–Crippen LogP) is 4.67. The normalized spacial score (nSPS) is 11.5. The zero-order chi connectivity index (χ0) is 26.8. The number of nitrogens with zero attached hydrogens (tertiary/aromatic N) is 2. The summed E-state index contributed by atoms with van der Waals surface area (Å²) in [6.07, 6.45) is 3.06. The highest BCUT2D eigenvalue weighted by molar-refractivity contribution is 9.10. The Kier molecular flexibility index (Phi) is 10.0. The Hall–Kier alpha value is -3.47. The van der Waals surface area contributed by atoms with E-state index in [1.165, 1.54) is 25.5 Å². The van der Waals surface area contributed by atoms with Crippen LogP contribution in [0.2, 0.25) is 0 Å². The molecule has 0 aromatic heterocycles. The number of ether oxygens (including phenoxy) is 2. The Morgan fingerprint density at radius 1 is 1.08 bits per heavy atom. The highest BCUT2D eigenvalue weighted by Crippen LogP contribution is 2.27. The number of carbonyl (C=O) groups excluding carboxylic acids is 1. The molecule has 0 saturated heterocycles. The van der Waals surface area contributed by atoms with Gasteiger partial charge in [0.1, 0.15) is 6.61 Å². The van der Waals surface area contributed by atoms with Gasteiger partial charge >= 0.3 is 0 Å². The van der Waals surface area contributed by atoms with E-state index in [-0.39, 0.29) is 11.4 Å². The number of nitrogens with one attached hydrogen (secondary N) is 1. The minimum absolute atomic E-state index is 0.0270. The lowest BCUT2D eigenvalue weighted by atomic mass is 10.1. The maximum absolute atomic E-state index is 13.4. The van der Waals surface area contributed by atoms with Crippen LogP contribution in [0.4, 0.5) is 0 Å². The van der Waals surface area contributed by atoms with Crippen molar-refractivity contribution in [2.75, 3.05) is 20.3 Å². The molecule has 0 heterocycles. The molecule has 0 radical (unpaired) electrons. The summed E-state index contributed by atoms with van der Waals surface area (Å²) in [5.74, 6) is 0.470. The zero-order valence-corrected chi connectivity index (χ0v) is 23.0. The molecule has 37 heavy (non-hydrogen) atoms. The number of methoxy groups -OCH3 is 1. The molecule has 194 valence electrons. The molecule has 0 spiro atoms. The fourth-order valence-corrected chi connectivity index (χ4v) is 4.93. The van der Waals surface area contributed by atoms with Crippen LogP contribution in [0.25, 0.3) is 0 Å². The highest BCUT2D eigenvalue weighted by atomic mass is 79.9. The first kappa shape index (κ1) is 28.1. The van der Waals surface area contributed by atoms with Crippen LogP contribution < -0.4 is 14.9 Å². The van der Waals surface area contributed by atoms with Crippen molar-refractivity contribution >= 4 is 38.1 Å². The van der Waals surface area contributed by atoms with Gasteiger partial charge in [-0.15, -0.1) is 0 Å². The van der Waals surface area contributed by atoms with Crippen LogP contribution >= 0.6 is 15.9 Å². The van der Waals surface area contributed by atoms with Crippen molar-refractivity contribution in [3.63, 3.8) is 0 Å². The van der Waals surface area contributed by atoms with Gasteiger partial charge in [0.25, 0.3) is 5.91 Å². The van der Waals surface area contributed by atoms with Crippen LogP contribution in [0, 0.1) is 6.92 Å². The number of aryl methyl sites for hydroxylation is 1.